The van der Waals surface area contributed by atoms with Crippen molar-refractivity contribution < 1.29 is 0 Å². The second-order valence-electron chi connectivity index (χ2n) is 4.88. The van der Waals surface area contributed by atoms with Gasteiger partial charge in [-0.2, -0.15) is 0 Å². The molecule has 0 spiro atoms. The van der Waals surface area contributed by atoms with Crippen LogP contribution in [0.4, 0.5) is 0 Å². The van der Waals surface area contributed by atoms with Crippen LogP contribution in [-0.2, 0) is 0 Å². The maximum Gasteiger partial charge on any atom is 0.191 e. The molecule has 0 saturated carbocycles. The van der Waals surface area contributed by atoms with E-state index in [1.165, 1.54) is 19.3 Å². The summed E-state index contributed by atoms with van der Waals surface area (Å²) >= 11 is 0. The Hall–Kier alpha value is -0.260. The van der Waals surface area contributed by atoms with Gasteiger partial charge in [0.2, 0.25) is 0 Å². The van der Waals surface area contributed by atoms with E-state index in [0.717, 1.165) is 18.4 Å². The Labute approximate surface area is 130 Å². The SMILES string of the molecule is C=CCN=C(NCC)NC(C)CCCC(C)C.I. The fourth-order valence-electron chi connectivity index (χ4n) is 1.61. The molecule has 18 heavy (non-hydrogen) atoms. The van der Waals surface area contributed by atoms with Gasteiger partial charge in [0.25, 0.3) is 0 Å². The Morgan fingerprint density at radius 2 is 1.94 bits per heavy atom. The lowest BCUT2D eigenvalue weighted by atomic mass is 10.0. The molecule has 2 N–H and O–H groups in total. The second-order valence-corrected chi connectivity index (χ2v) is 4.88. The third-order valence-electron chi connectivity index (χ3n) is 2.52. The van der Waals surface area contributed by atoms with E-state index in [1.807, 2.05) is 6.08 Å². The third kappa shape index (κ3) is 12.2. The van der Waals surface area contributed by atoms with E-state index in [4.69, 9.17) is 0 Å². The molecule has 1 unspecified atom stereocenters. The lowest BCUT2D eigenvalue weighted by Gasteiger charge is -2.18. The highest BCUT2D eigenvalue weighted by molar-refractivity contribution is 14.0. The highest BCUT2D eigenvalue weighted by Gasteiger charge is 2.05. The Kier molecular flexibility index (Phi) is 14.7. The minimum Gasteiger partial charge on any atom is -0.357 e. The summed E-state index contributed by atoms with van der Waals surface area (Å²) in [6.45, 7) is 14.1. The number of nitrogens with one attached hydrogen (secondary N) is 2. The maximum absolute atomic E-state index is 4.39. The van der Waals surface area contributed by atoms with Crippen molar-refractivity contribution in [1.29, 1.82) is 0 Å². The van der Waals surface area contributed by atoms with E-state index in [-0.39, 0.29) is 24.0 Å². The molecule has 3 nitrogen and oxygen atoms in total. The van der Waals surface area contributed by atoms with E-state index in [2.05, 4.69) is 49.9 Å². The van der Waals surface area contributed by atoms with Crippen molar-refractivity contribution in [2.24, 2.45) is 10.9 Å². The van der Waals surface area contributed by atoms with Crippen LogP contribution in [0.25, 0.3) is 0 Å². The van der Waals surface area contributed by atoms with Gasteiger partial charge in [0, 0.05) is 12.6 Å². The molecule has 1 atom stereocenters. The van der Waals surface area contributed by atoms with Crippen molar-refractivity contribution in [1.82, 2.24) is 10.6 Å². The largest absolute Gasteiger partial charge is 0.357 e. The number of guanidine groups is 1. The molecule has 0 bridgehead atoms. The normalized spacial score (nSPS) is 12.8. The lowest BCUT2D eigenvalue weighted by Crippen LogP contribution is -2.42. The molecular weight excluding hydrogens is 337 g/mol. The minimum absolute atomic E-state index is 0. The van der Waals surface area contributed by atoms with Gasteiger partial charge in [-0.25, -0.2) is 4.99 Å². The van der Waals surface area contributed by atoms with Crippen LogP contribution in [0.5, 0.6) is 0 Å². The summed E-state index contributed by atoms with van der Waals surface area (Å²) in [5.74, 6) is 1.69. The molecule has 0 aromatic heterocycles. The van der Waals surface area contributed by atoms with E-state index >= 15 is 0 Å². The van der Waals surface area contributed by atoms with Crippen molar-refractivity contribution in [3.63, 3.8) is 0 Å². The topological polar surface area (TPSA) is 36.4 Å². The lowest BCUT2D eigenvalue weighted by molar-refractivity contribution is 0.491. The van der Waals surface area contributed by atoms with Gasteiger partial charge in [-0.15, -0.1) is 30.6 Å². The van der Waals surface area contributed by atoms with Crippen molar-refractivity contribution in [2.45, 2.75) is 53.0 Å². The van der Waals surface area contributed by atoms with E-state index < -0.39 is 0 Å². The van der Waals surface area contributed by atoms with E-state index in [0.29, 0.717) is 12.6 Å². The minimum atomic E-state index is 0. The van der Waals surface area contributed by atoms with Crippen LogP contribution in [0.15, 0.2) is 17.6 Å². The second kappa shape index (κ2) is 13.2. The van der Waals surface area contributed by atoms with Crippen molar-refractivity contribution >= 4 is 29.9 Å². The molecular formula is C14H30IN3. The number of rotatable bonds is 8. The van der Waals surface area contributed by atoms with Gasteiger partial charge in [0.05, 0.1) is 6.54 Å². The quantitative estimate of drug-likeness (QED) is 0.298. The molecule has 0 saturated heterocycles. The van der Waals surface area contributed by atoms with Crippen LogP contribution in [-0.4, -0.2) is 25.1 Å². The van der Waals surface area contributed by atoms with Crippen LogP contribution in [0.3, 0.4) is 0 Å². The summed E-state index contributed by atoms with van der Waals surface area (Å²) in [6.07, 6.45) is 5.57. The Bertz CT molecular complexity index is 227. The molecule has 0 aromatic carbocycles. The predicted molar refractivity (Wildman–Crippen MR) is 92.9 cm³/mol. The van der Waals surface area contributed by atoms with Crippen LogP contribution in [0.1, 0.15) is 47.0 Å². The van der Waals surface area contributed by atoms with Gasteiger partial charge in [-0.1, -0.05) is 32.8 Å². The van der Waals surface area contributed by atoms with Gasteiger partial charge >= 0.3 is 0 Å². The molecule has 0 aliphatic heterocycles. The van der Waals surface area contributed by atoms with Gasteiger partial charge < -0.3 is 10.6 Å². The molecule has 0 amide bonds. The Morgan fingerprint density at radius 3 is 2.44 bits per heavy atom. The molecule has 0 aromatic rings. The van der Waals surface area contributed by atoms with Crippen molar-refractivity contribution in [3.05, 3.63) is 12.7 Å². The van der Waals surface area contributed by atoms with Crippen LogP contribution in [0.2, 0.25) is 0 Å². The van der Waals surface area contributed by atoms with Crippen LogP contribution < -0.4 is 10.6 Å². The molecule has 4 heteroatoms. The van der Waals surface area contributed by atoms with Gasteiger partial charge in [-0.3, -0.25) is 0 Å². The number of nitrogens with zero attached hydrogens (tertiary/aromatic N) is 1. The Balaban J connectivity index is 0. The first-order chi connectivity index (χ1) is 8.10. The zero-order valence-electron chi connectivity index (χ0n) is 12.3. The summed E-state index contributed by atoms with van der Waals surface area (Å²) in [5, 5.41) is 6.66. The third-order valence-corrected chi connectivity index (χ3v) is 2.52. The first-order valence-corrected chi connectivity index (χ1v) is 6.75. The molecule has 0 radical (unpaired) electrons. The molecule has 108 valence electrons. The molecule has 0 heterocycles. The Morgan fingerprint density at radius 1 is 1.28 bits per heavy atom. The number of hydrogen-bond donors (Lipinski definition) is 2. The number of hydrogen-bond acceptors (Lipinski definition) is 1. The van der Waals surface area contributed by atoms with Crippen LogP contribution >= 0.6 is 24.0 Å². The van der Waals surface area contributed by atoms with Crippen molar-refractivity contribution in [3.8, 4) is 0 Å². The standard InChI is InChI=1S/C14H29N3.HI/c1-6-11-16-14(15-7-2)17-13(5)10-8-9-12(3)4;/h6,12-13H,1,7-11H2,2-5H3,(H2,15,16,17);1H. The van der Waals surface area contributed by atoms with E-state index in [1.54, 1.807) is 0 Å². The fourth-order valence-corrected chi connectivity index (χ4v) is 1.61. The van der Waals surface area contributed by atoms with Crippen molar-refractivity contribution in [2.75, 3.05) is 13.1 Å². The van der Waals surface area contributed by atoms with E-state index in [9.17, 15) is 0 Å². The summed E-state index contributed by atoms with van der Waals surface area (Å²) in [4.78, 5) is 4.39. The number of aliphatic imine (C=N–C) groups is 1. The summed E-state index contributed by atoms with van der Waals surface area (Å²) in [6, 6.07) is 0.469. The highest BCUT2D eigenvalue weighted by atomic mass is 127. The zero-order valence-corrected chi connectivity index (χ0v) is 14.7. The number of halogens is 1. The molecule has 0 fully saturated rings. The van der Waals surface area contributed by atoms with Gasteiger partial charge in [0.1, 0.15) is 0 Å². The maximum atomic E-state index is 4.39. The average molecular weight is 367 g/mol. The fraction of sp³-hybridized carbons (Fsp3) is 0.786. The first-order valence-electron chi connectivity index (χ1n) is 6.75. The molecule has 0 aliphatic carbocycles. The average Bonchev–Trinajstić information content (AvgIpc) is 2.25. The highest BCUT2D eigenvalue weighted by Crippen LogP contribution is 2.07. The molecule has 0 aliphatic rings. The van der Waals surface area contributed by atoms with Gasteiger partial charge in [-0.05, 0) is 26.2 Å². The smallest absolute Gasteiger partial charge is 0.191 e. The zero-order chi connectivity index (χ0) is 13.1. The summed E-state index contributed by atoms with van der Waals surface area (Å²) in [5.41, 5.74) is 0. The van der Waals surface area contributed by atoms with Crippen LogP contribution in [0, 0.1) is 5.92 Å². The van der Waals surface area contributed by atoms with Gasteiger partial charge in [0.15, 0.2) is 5.96 Å². The predicted octanol–water partition coefficient (Wildman–Crippen LogP) is 3.56. The first kappa shape index (κ1) is 20.1. The summed E-state index contributed by atoms with van der Waals surface area (Å²) in [7, 11) is 0. The summed E-state index contributed by atoms with van der Waals surface area (Å²) < 4.78 is 0. The molecule has 0 rings (SSSR count). The monoisotopic (exact) mass is 367 g/mol.